The molecule has 0 atom stereocenters. The number of aryl methyl sites for hydroxylation is 1. The van der Waals surface area contributed by atoms with Gasteiger partial charge in [-0.2, -0.15) is 0 Å². The monoisotopic (exact) mass is 422 g/mol. The zero-order chi connectivity index (χ0) is 20.5. The van der Waals surface area contributed by atoms with Crippen molar-refractivity contribution in [2.45, 2.75) is 20.8 Å². The first-order chi connectivity index (χ1) is 14.0. The van der Waals surface area contributed by atoms with Crippen LogP contribution in [0.1, 0.15) is 38.3 Å². The van der Waals surface area contributed by atoms with E-state index in [1.165, 1.54) is 29.6 Å². The molecule has 0 saturated heterocycles. The Morgan fingerprint density at radius 3 is 2.55 bits per heavy atom. The number of hydrogen-bond donors (Lipinski definition) is 1. The Morgan fingerprint density at radius 1 is 1.14 bits per heavy atom. The summed E-state index contributed by atoms with van der Waals surface area (Å²) in [5, 5.41) is 5.98. The van der Waals surface area contributed by atoms with E-state index in [1.54, 1.807) is 6.20 Å². The third-order valence-electron chi connectivity index (χ3n) is 4.50. The molecule has 4 aromatic rings. The first-order valence-corrected chi connectivity index (χ1v) is 10.6. The Kier molecular flexibility index (Phi) is 5.12. The van der Waals surface area contributed by atoms with Crippen molar-refractivity contribution in [2.75, 3.05) is 5.32 Å². The summed E-state index contributed by atoms with van der Waals surface area (Å²) in [5.74, 6) is -0.340. The van der Waals surface area contributed by atoms with Gasteiger partial charge in [-0.1, -0.05) is 41.7 Å². The number of carbonyl (C=O) groups excluding carboxylic acids is 2. The van der Waals surface area contributed by atoms with Crippen molar-refractivity contribution in [3.05, 3.63) is 69.8 Å². The highest BCUT2D eigenvalue weighted by Crippen LogP contribution is 2.32. The third-order valence-corrected chi connectivity index (χ3v) is 6.33. The highest BCUT2D eigenvalue weighted by Gasteiger charge is 2.21. The second-order valence-electron chi connectivity index (χ2n) is 6.51. The van der Waals surface area contributed by atoms with E-state index in [-0.39, 0.29) is 11.7 Å². The van der Waals surface area contributed by atoms with Crippen molar-refractivity contribution >= 4 is 39.5 Å². The molecule has 0 bridgehead atoms. The molecule has 0 aliphatic rings. The van der Waals surface area contributed by atoms with E-state index in [0.717, 1.165) is 22.1 Å². The Labute approximate surface area is 175 Å². The van der Waals surface area contributed by atoms with Crippen molar-refractivity contribution < 1.29 is 9.59 Å². The van der Waals surface area contributed by atoms with Gasteiger partial charge in [0.2, 0.25) is 0 Å². The van der Waals surface area contributed by atoms with Crippen LogP contribution in [0.15, 0.2) is 48.0 Å². The highest BCUT2D eigenvalue weighted by atomic mass is 32.1. The molecule has 29 heavy (non-hydrogen) atoms. The maximum atomic E-state index is 12.9. The second kappa shape index (κ2) is 7.73. The molecule has 0 spiro atoms. The molecule has 1 N–H and O–H groups in total. The van der Waals surface area contributed by atoms with Crippen LogP contribution in [-0.2, 0) is 0 Å². The quantitative estimate of drug-likeness (QED) is 0.452. The van der Waals surface area contributed by atoms with Crippen LogP contribution < -0.4 is 5.32 Å². The molecule has 4 rings (SSSR count). The summed E-state index contributed by atoms with van der Waals surface area (Å²) >= 11 is 2.70. The standard InChI is InChI=1S/C21H18N4O2S2/c1-12-11-16(13(2)25(12)21-22-9-10-28-21)19(27)24-20-23-17(18(29-20)14(3)26)15-7-5-4-6-8-15/h4-11H,1-3H3,(H,23,24,27). The minimum atomic E-state index is -0.260. The second-order valence-corrected chi connectivity index (χ2v) is 8.38. The van der Waals surface area contributed by atoms with Crippen LogP contribution in [-0.4, -0.2) is 26.2 Å². The maximum absolute atomic E-state index is 12.9. The predicted molar refractivity (Wildman–Crippen MR) is 116 cm³/mol. The number of amides is 1. The summed E-state index contributed by atoms with van der Waals surface area (Å²) in [6.45, 7) is 5.34. The normalized spacial score (nSPS) is 10.9. The lowest BCUT2D eigenvalue weighted by atomic mass is 10.1. The molecule has 0 aliphatic heterocycles. The van der Waals surface area contributed by atoms with Crippen LogP contribution >= 0.6 is 22.7 Å². The van der Waals surface area contributed by atoms with Crippen LogP contribution in [0.4, 0.5) is 5.13 Å². The van der Waals surface area contributed by atoms with Gasteiger partial charge in [0, 0.05) is 35.5 Å². The molecule has 0 fully saturated rings. The lowest BCUT2D eigenvalue weighted by molar-refractivity contribution is 0.101. The number of benzene rings is 1. The molecule has 3 heterocycles. The fourth-order valence-electron chi connectivity index (χ4n) is 3.18. The van der Waals surface area contributed by atoms with Gasteiger partial charge < -0.3 is 0 Å². The van der Waals surface area contributed by atoms with Gasteiger partial charge in [0.1, 0.15) is 0 Å². The van der Waals surface area contributed by atoms with Crippen LogP contribution in [0.2, 0.25) is 0 Å². The Morgan fingerprint density at radius 2 is 1.90 bits per heavy atom. The van der Waals surface area contributed by atoms with Gasteiger partial charge in [-0.3, -0.25) is 19.5 Å². The summed E-state index contributed by atoms with van der Waals surface area (Å²) in [6.07, 6.45) is 1.74. The van der Waals surface area contributed by atoms with Crippen molar-refractivity contribution in [3.8, 4) is 16.4 Å². The molecule has 1 amide bonds. The average Bonchev–Trinajstić information content (AvgIpc) is 3.42. The topological polar surface area (TPSA) is 76.9 Å². The van der Waals surface area contributed by atoms with Crippen LogP contribution in [0, 0.1) is 13.8 Å². The Bertz CT molecular complexity index is 1190. The van der Waals surface area contributed by atoms with E-state index in [2.05, 4.69) is 15.3 Å². The average molecular weight is 423 g/mol. The SMILES string of the molecule is CC(=O)c1sc(NC(=O)c2cc(C)n(-c3nccs3)c2C)nc1-c1ccccc1. The van der Waals surface area contributed by atoms with E-state index in [4.69, 9.17) is 0 Å². The smallest absolute Gasteiger partial charge is 0.259 e. The number of Topliss-reactive ketones (excluding diaryl/α,β-unsaturated/α-hetero) is 1. The van der Waals surface area contributed by atoms with Gasteiger partial charge in [0.25, 0.3) is 5.91 Å². The molecule has 1 aromatic carbocycles. The van der Waals surface area contributed by atoms with Gasteiger partial charge in [0.15, 0.2) is 16.0 Å². The minimum Gasteiger partial charge on any atom is -0.298 e. The number of nitrogens with one attached hydrogen (secondary N) is 1. The lowest BCUT2D eigenvalue weighted by Crippen LogP contribution is -2.13. The number of rotatable bonds is 5. The highest BCUT2D eigenvalue weighted by molar-refractivity contribution is 7.18. The van der Waals surface area contributed by atoms with Gasteiger partial charge in [0.05, 0.1) is 16.1 Å². The van der Waals surface area contributed by atoms with Crippen molar-refractivity contribution in [3.63, 3.8) is 0 Å². The number of aromatic nitrogens is 3. The van der Waals surface area contributed by atoms with E-state index in [1.807, 2.05) is 60.2 Å². The zero-order valence-electron chi connectivity index (χ0n) is 16.1. The summed E-state index contributed by atoms with van der Waals surface area (Å²) < 4.78 is 1.96. The molecule has 0 aliphatic carbocycles. The van der Waals surface area contributed by atoms with Crippen LogP contribution in [0.5, 0.6) is 0 Å². The molecular formula is C21H18N4O2S2. The molecule has 0 unspecified atom stereocenters. The van der Waals surface area contributed by atoms with Gasteiger partial charge in [-0.05, 0) is 19.9 Å². The fourth-order valence-corrected chi connectivity index (χ4v) is 4.81. The first kappa shape index (κ1) is 19.2. The maximum Gasteiger partial charge on any atom is 0.259 e. The molecule has 0 saturated carbocycles. The summed E-state index contributed by atoms with van der Waals surface area (Å²) in [4.78, 5) is 34.4. The number of anilines is 1. The molecule has 8 heteroatoms. The van der Waals surface area contributed by atoms with Gasteiger partial charge in [-0.25, -0.2) is 9.97 Å². The van der Waals surface area contributed by atoms with Gasteiger partial charge >= 0.3 is 0 Å². The molecule has 0 radical (unpaired) electrons. The summed E-state index contributed by atoms with van der Waals surface area (Å²) in [5.41, 5.74) is 3.72. The fraction of sp³-hybridized carbons (Fsp3) is 0.143. The predicted octanol–water partition coefficient (Wildman–Crippen LogP) is 5.13. The summed E-state index contributed by atoms with van der Waals surface area (Å²) in [7, 11) is 0. The van der Waals surface area contributed by atoms with E-state index >= 15 is 0 Å². The van der Waals surface area contributed by atoms with Crippen LogP contribution in [0.25, 0.3) is 16.4 Å². The third kappa shape index (κ3) is 3.64. The van der Waals surface area contributed by atoms with E-state index < -0.39 is 0 Å². The van der Waals surface area contributed by atoms with Crippen molar-refractivity contribution in [2.24, 2.45) is 0 Å². The lowest BCUT2D eigenvalue weighted by Gasteiger charge is -2.05. The first-order valence-electron chi connectivity index (χ1n) is 8.93. The molecular weight excluding hydrogens is 404 g/mol. The Hall–Kier alpha value is -3.10. The minimum absolute atomic E-state index is 0.0798. The Balaban J connectivity index is 1.66. The van der Waals surface area contributed by atoms with E-state index in [9.17, 15) is 9.59 Å². The molecule has 6 nitrogen and oxygen atoms in total. The number of hydrogen-bond acceptors (Lipinski definition) is 6. The number of ketones is 1. The number of thiazole rings is 2. The van der Waals surface area contributed by atoms with Crippen LogP contribution in [0.3, 0.4) is 0 Å². The molecule has 3 aromatic heterocycles. The van der Waals surface area contributed by atoms with Crippen molar-refractivity contribution in [1.29, 1.82) is 0 Å². The number of nitrogens with zero attached hydrogens (tertiary/aromatic N) is 3. The van der Waals surface area contributed by atoms with Gasteiger partial charge in [-0.15, -0.1) is 11.3 Å². The zero-order valence-corrected chi connectivity index (χ0v) is 17.7. The number of carbonyl (C=O) groups is 2. The van der Waals surface area contributed by atoms with E-state index in [0.29, 0.717) is 21.3 Å². The van der Waals surface area contributed by atoms with Crippen molar-refractivity contribution in [1.82, 2.24) is 14.5 Å². The largest absolute Gasteiger partial charge is 0.298 e. The molecule has 146 valence electrons. The summed E-state index contributed by atoms with van der Waals surface area (Å²) in [6, 6.07) is 11.3.